The molecule has 23 heavy (non-hydrogen) atoms. The first-order valence-corrected chi connectivity index (χ1v) is 7.90. The van der Waals surface area contributed by atoms with E-state index in [4.69, 9.17) is 9.47 Å². The number of benzene rings is 2. The molecule has 0 bridgehead atoms. The molecule has 0 aromatic heterocycles. The monoisotopic (exact) mass is 313 g/mol. The molecule has 1 aliphatic heterocycles. The first-order chi connectivity index (χ1) is 11.2. The van der Waals surface area contributed by atoms with Gasteiger partial charge in [-0.15, -0.1) is 0 Å². The first-order valence-electron chi connectivity index (χ1n) is 7.90. The fourth-order valence-electron chi connectivity index (χ4n) is 2.59. The molecule has 2 aromatic carbocycles. The van der Waals surface area contributed by atoms with Gasteiger partial charge in [0.15, 0.2) is 0 Å². The lowest BCUT2D eigenvalue weighted by Gasteiger charge is -2.40. The summed E-state index contributed by atoms with van der Waals surface area (Å²) in [6, 6.07) is 16.2. The lowest BCUT2D eigenvalue weighted by atomic mass is 9.87. The number of ether oxygens (including phenoxy) is 2. The van der Waals surface area contributed by atoms with Crippen LogP contribution >= 0.6 is 0 Å². The summed E-state index contributed by atoms with van der Waals surface area (Å²) in [5.41, 5.74) is 3.25. The van der Waals surface area contributed by atoms with E-state index in [0.29, 0.717) is 26.4 Å². The summed E-state index contributed by atoms with van der Waals surface area (Å²) in [5, 5.41) is 12.8. The van der Waals surface area contributed by atoms with Crippen molar-refractivity contribution in [2.75, 3.05) is 31.7 Å². The van der Waals surface area contributed by atoms with E-state index in [0.717, 1.165) is 17.0 Å². The van der Waals surface area contributed by atoms with E-state index < -0.39 is 0 Å². The standard InChI is InChI=1S/C19H23NO3/c1-15-4-2-5-16(8-15)10-23-18-7-3-6-17(9-18)20-11-19(12-21)13-22-14-19/h2-9,20-21H,10-14H2,1H3. The Labute approximate surface area is 137 Å². The molecule has 0 aliphatic carbocycles. The summed E-state index contributed by atoms with van der Waals surface area (Å²) in [6.07, 6.45) is 0. The van der Waals surface area contributed by atoms with Crippen LogP contribution in [-0.4, -0.2) is 31.5 Å². The van der Waals surface area contributed by atoms with Gasteiger partial charge in [0.2, 0.25) is 0 Å². The van der Waals surface area contributed by atoms with Gasteiger partial charge in [-0.3, -0.25) is 0 Å². The highest BCUT2D eigenvalue weighted by molar-refractivity contribution is 5.48. The van der Waals surface area contributed by atoms with Crippen LogP contribution in [0.3, 0.4) is 0 Å². The topological polar surface area (TPSA) is 50.7 Å². The van der Waals surface area contributed by atoms with Crippen molar-refractivity contribution in [2.24, 2.45) is 5.41 Å². The van der Waals surface area contributed by atoms with Crippen molar-refractivity contribution in [2.45, 2.75) is 13.5 Å². The van der Waals surface area contributed by atoms with Gasteiger partial charge in [-0.05, 0) is 24.6 Å². The van der Waals surface area contributed by atoms with Crippen LogP contribution in [0.5, 0.6) is 5.75 Å². The molecule has 0 unspecified atom stereocenters. The zero-order valence-corrected chi connectivity index (χ0v) is 13.4. The van der Waals surface area contributed by atoms with Gasteiger partial charge in [-0.2, -0.15) is 0 Å². The van der Waals surface area contributed by atoms with Crippen molar-refractivity contribution in [1.29, 1.82) is 0 Å². The lowest BCUT2D eigenvalue weighted by Crippen LogP contribution is -2.50. The Balaban J connectivity index is 1.56. The maximum Gasteiger partial charge on any atom is 0.121 e. The van der Waals surface area contributed by atoms with E-state index >= 15 is 0 Å². The second-order valence-electron chi connectivity index (χ2n) is 6.31. The second kappa shape index (κ2) is 7.02. The third-order valence-electron chi connectivity index (χ3n) is 4.14. The number of hydrogen-bond donors (Lipinski definition) is 2. The minimum absolute atomic E-state index is 0.140. The van der Waals surface area contributed by atoms with Gasteiger partial charge in [0.25, 0.3) is 0 Å². The van der Waals surface area contributed by atoms with Crippen LogP contribution in [0.4, 0.5) is 5.69 Å². The molecular weight excluding hydrogens is 290 g/mol. The molecule has 0 atom stereocenters. The highest BCUT2D eigenvalue weighted by atomic mass is 16.5. The summed E-state index contributed by atoms with van der Waals surface area (Å²) in [5.74, 6) is 0.833. The first kappa shape index (κ1) is 15.8. The minimum Gasteiger partial charge on any atom is -0.489 e. The molecule has 2 aromatic rings. The van der Waals surface area contributed by atoms with Crippen molar-refractivity contribution in [1.82, 2.24) is 0 Å². The number of hydrogen-bond acceptors (Lipinski definition) is 4. The zero-order valence-electron chi connectivity index (χ0n) is 13.4. The predicted octanol–water partition coefficient (Wildman–Crippen LogP) is 2.99. The highest BCUT2D eigenvalue weighted by Crippen LogP contribution is 2.28. The molecule has 0 saturated carbocycles. The van der Waals surface area contributed by atoms with E-state index in [1.807, 2.05) is 30.3 Å². The fraction of sp³-hybridized carbons (Fsp3) is 0.368. The number of rotatable bonds is 7. The van der Waals surface area contributed by atoms with Gasteiger partial charge in [-0.25, -0.2) is 0 Å². The van der Waals surface area contributed by atoms with E-state index in [1.54, 1.807) is 0 Å². The van der Waals surface area contributed by atoms with Gasteiger partial charge < -0.3 is 19.9 Å². The SMILES string of the molecule is Cc1cccc(COc2cccc(NCC3(CO)COC3)c2)c1. The largest absolute Gasteiger partial charge is 0.489 e. The van der Waals surface area contributed by atoms with Crippen molar-refractivity contribution in [3.8, 4) is 5.75 Å². The molecule has 122 valence electrons. The van der Waals surface area contributed by atoms with Crippen LogP contribution in [0.25, 0.3) is 0 Å². The quantitative estimate of drug-likeness (QED) is 0.825. The van der Waals surface area contributed by atoms with E-state index in [-0.39, 0.29) is 12.0 Å². The van der Waals surface area contributed by atoms with Crippen LogP contribution in [0.15, 0.2) is 48.5 Å². The predicted molar refractivity (Wildman–Crippen MR) is 90.8 cm³/mol. The number of aliphatic hydroxyl groups is 1. The third kappa shape index (κ3) is 4.03. The molecule has 4 nitrogen and oxygen atoms in total. The van der Waals surface area contributed by atoms with E-state index in [2.05, 4.69) is 30.4 Å². The molecule has 0 amide bonds. The molecule has 1 heterocycles. The molecule has 3 rings (SSSR count). The van der Waals surface area contributed by atoms with Gasteiger partial charge >= 0.3 is 0 Å². The summed E-state index contributed by atoms with van der Waals surface area (Å²) in [7, 11) is 0. The maximum absolute atomic E-state index is 9.46. The smallest absolute Gasteiger partial charge is 0.121 e. The van der Waals surface area contributed by atoms with E-state index in [9.17, 15) is 5.11 Å². The Morgan fingerprint density at radius 2 is 2.00 bits per heavy atom. The summed E-state index contributed by atoms with van der Waals surface area (Å²) in [6.45, 7) is 4.70. The number of aliphatic hydroxyl groups excluding tert-OH is 1. The molecule has 2 N–H and O–H groups in total. The Hall–Kier alpha value is -2.04. The zero-order chi connectivity index (χ0) is 16.1. The van der Waals surface area contributed by atoms with Crippen molar-refractivity contribution in [3.05, 3.63) is 59.7 Å². The van der Waals surface area contributed by atoms with E-state index in [1.165, 1.54) is 5.56 Å². The third-order valence-corrected chi connectivity index (χ3v) is 4.14. The van der Waals surface area contributed by atoms with Crippen molar-refractivity contribution in [3.63, 3.8) is 0 Å². The Morgan fingerprint density at radius 1 is 1.17 bits per heavy atom. The highest BCUT2D eigenvalue weighted by Gasteiger charge is 2.37. The van der Waals surface area contributed by atoms with Crippen LogP contribution in [0.2, 0.25) is 0 Å². The normalized spacial score (nSPS) is 15.7. The van der Waals surface area contributed by atoms with Crippen LogP contribution in [0, 0.1) is 12.3 Å². The molecule has 4 heteroatoms. The Bertz CT molecular complexity index is 647. The summed E-state index contributed by atoms with van der Waals surface area (Å²) >= 11 is 0. The second-order valence-corrected chi connectivity index (χ2v) is 6.31. The Kier molecular flexibility index (Phi) is 4.84. The molecule has 1 fully saturated rings. The summed E-state index contributed by atoms with van der Waals surface area (Å²) in [4.78, 5) is 0. The Morgan fingerprint density at radius 3 is 2.70 bits per heavy atom. The van der Waals surface area contributed by atoms with Gasteiger partial charge in [-0.1, -0.05) is 35.9 Å². The van der Waals surface area contributed by atoms with Crippen molar-refractivity contribution >= 4 is 5.69 Å². The maximum atomic E-state index is 9.46. The van der Waals surface area contributed by atoms with Crippen LogP contribution < -0.4 is 10.1 Å². The molecule has 0 spiro atoms. The number of nitrogens with one attached hydrogen (secondary N) is 1. The number of anilines is 1. The summed E-state index contributed by atoms with van der Waals surface area (Å²) < 4.78 is 11.1. The molecule has 1 saturated heterocycles. The number of aryl methyl sites for hydroxylation is 1. The minimum atomic E-state index is -0.140. The fourth-order valence-corrected chi connectivity index (χ4v) is 2.59. The van der Waals surface area contributed by atoms with Gasteiger partial charge in [0, 0.05) is 18.3 Å². The average molecular weight is 313 g/mol. The molecular formula is C19H23NO3. The van der Waals surface area contributed by atoms with Crippen LogP contribution in [0.1, 0.15) is 11.1 Å². The average Bonchev–Trinajstić information content (AvgIpc) is 2.53. The molecule has 0 radical (unpaired) electrons. The van der Waals surface area contributed by atoms with Gasteiger partial charge in [0.05, 0.1) is 25.2 Å². The molecule has 1 aliphatic rings. The lowest BCUT2D eigenvalue weighted by molar-refractivity contribution is -0.128. The van der Waals surface area contributed by atoms with Crippen LogP contribution in [-0.2, 0) is 11.3 Å². The van der Waals surface area contributed by atoms with Crippen molar-refractivity contribution < 1.29 is 14.6 Å². The van der Waals surface area contributed by atoms with Gasteiger partial charge in [0.1, 0.15) is 12.4 Å².